The highest BCUT2D eigenvalue weighted by Crippen LogP contribution is 2.33. The molecule has 0 saturated heterocycles. The molecule has 2 nitrogen and oxygen atoms in total. The van der Waals surface area contributed by atoms with Gasteiger partial charge in [0.25, 0.3) is 0 Å². The quantitative estimate of drug-likeness (QED) is 0.794. The van der Waals surface area contributed by atoms with Crippen molar-refractivity contribution in [2.45, 2.75) is 20.2 Å². The van der Waals surface area contributed by atoms with Gasteiger partial charge in [-0.05, 0) is 18.2 Å². The maximum absolute atomic E-state index is 12.1. The van der Waals surface area contributed by atoms with E-state index < -0.39 is 6.36 Å². The molecule has 0 aliphatic rings. The van der Waals surface area contributed by atoms with Gasteiger partial charge in [0.15, 0.2) is 0 Å². The summed E-state index contributed by atoms with van der Waals surface area (Å²) >= 11 is 0. The first-order chi connectivity index (χ1) is 7.33. The van der Waals surface area contributed by atoms with E-state index in [-0.39, 0.29) is 5.75 Å². The lowest BCUT2D eigenvalue weighted by atomic mass is 10.0. The smallest absolute Gasteiger partial charge is 0.497 e. The van der Waals surface area contributed by atoms with Gasteiger partial charge in [-0.3, -0.25) is 0 Å². The van der Waals surface area contributed by atoms with Gasteiger partial charge < -0.3 is 9.47 Å². The number of halogens is 3. The van der Waals surface area contributed by atoms with Gasteiger partial charge in [-0.1, -0.05) is 13.8 Å². The lowest BCUT2D eigenvalue weighted by Crippen LogP contribution is -2.18. The summed E-state index contributed by atoms with van der Waals surface area (Å²) in [5.74, 6) is 0.997. The summed E-state index contributed by atoms with van der Waals surface area (Å²) in [6.45, 7) is 3.41. The van der Waals surface area contributed by atoms with Gasteiger partial charge in [0.1, 0.15) is 11.5 Å². The number of rotatable bonds is 3. The highest BCUT2D eigenvalue weighted by molar-refractivity contribution is 5.47. The molecule has 1 rings (SSSR count). The topological polar surface area (TPSA) is 18.5 Å². The summed E-state index contributed by atoms with van der Waals surface area (Å²) in [5, 5.41) is 0. The Morgan fingerprint density at radius 3 is 2.25 bits per heavy atom. The Balaban J connectivity index is 3.08. The van der Waals surface area contributed by atoms with E-state index in [1.165, 1.54) is 25.3 Å². The van der Waals surface area contributed by atoms with Crippen molar-refractivity contribution in [1.82, 2.24) is 0 Å². The molecule has 1 aromatic rings. The van der Waals surface area contributed by atoms with Crippen LogP contribution in [0.5, 0.6) is 11.5 Å². The van der Waals surface area contributed by atoms with Crippen LogP contribution in [0.2, 0.25) is 0 Å². The Morgan fingerprint density at radius 2 is 1.81 bits per heavy atom. The highest BCUT2D eigenvalue weighted by Gasteiger charge is 2.32. The Labute approximate surface area is 92.0 Å². The van der Waals surface area contributed by atoms with Crippen molar-refractivity contribution in [3.8, 4) is 11.5 Å². The molecular weight excluding hydrogens is 221 g/mol. The van der Waals surface area contributed by atoms with E-state index in [0.29, 0.717) is 11.3 Å². The highest BCUT2D eigenvalue weighted by atomic mass is 19.4. The first-order valence-corrected chi connectivity index (χ1v) is 4.58. The van der Waals surface area contributed by atoms with Crippen LogP contribution >= 0.6 is 0 Å². The second-order valence-electron chi connectivity index (χ2n) is 3.41. The van der Waals surface area contributed by atoms with Crippen LogP contribution in [0.3, 0.4) is 0 Å². The molecule has 0 aromatic heterocycles. The molecule has 1 radical (unpaired) electrons. The third-order valence-corrected chi connectivity index (χ3v) is 1.95. The van der Waals surface area contributed by atoms with E-state index in [9.17, 15) is 13.2 Å². The monoisotopic (exact) mass is 233 g/mol. The van der Waals surface area contributed by atoms with Crippen molar-refractivity contribution in [3.63, 3.8) is 0 Å². The normalized spacial score (nSPS) is 11.7. The van der Waals surface area contributed by atoms with Crippen LogP contribution in [0.25, 0.3) is 0 Å². The molecule has 0 fully saturated rings. The van der Waals surface area contributed by atoms with Crippen LogP contribution in [-0.4, -0.2) is 13.5 Å². The first kappa shape index (κ1) is 12.7. The van der Waals surface area contributed by atoms with Crippen molar-refractivity contribution >= 4 is 0 Å². The summed E-state index contributed by atoms with van der Waals surface area (Å²) in [6.07, 6.45) is -4.68. The molecule has 0 aliphatic heterocycles. The average molecular weight is 233 g/mol. The Bertz CT molecular complexity index is 359. The predicted octanol–water partition coefficient (Wildman–Crippen LogP) is 3.56. The number of hydrogen-bond donors (Lipinski definition) is 0. The van der Waals surface area contributed by atoms with Crippen LogP contribution in [-0.2, 0) is 0 Å². The first-order valence-electron chi connectivity index (χ1n) is 4.58. The SMILES string of the molecule is COc1ccc(OC(F)(F)F)c([C](C)C)c1. The second kappa shape index (κ2) is 4.63. The van der Waals surface area contributed by atoms with Gasteiger partial charge in [0, 0.05) is 11.5 Å². The van der Waals surface area contributed by atoms with Crippen molar-refractivity contribution in [1.29, 1.82) is 0 Å². The minimum atomic E-state index is -4.68. The molecule has 0 amide bonds. The minimum absolute atomic E-state index is 0.215. The van der Waals surface area contributed by atoms with E-state index in [2.05, 4.69) is 4.74 Å². The van der Waals surface area contributed by atoms with Crippen LogP contribution in [0, 0.1) is 5.92 Å². The summed E-state index contributed by atoms with van der Waals surface area (Å²) in [4.78, 5) is 0. The number of ether oxygens (including phenoxy) is 2. The summed E-state index contributed by atoms with van der Waals surface area (Å²) in [6, 6.07) is 4.18. The zero-order valence-corrected chi connectivity index (χ0v) is 9.18. The Hall–Kier alpha value is -1.39. The molecule has 0 saturated carbocycles. The third kappa shape index (κ3) is 3.32. The summed E-state index contributed by atoms with van der Waals surface area (Å²) < 4.78 is 45.2. The molecule has 0 heterocycles. The van der Waals surface area contributed by atoms with Crippen LogP contribution in [0.4, 0.5) is 13.2 Å². The van der Waals surface area contributed by atoms with Crippen molar-refractivity contribution in [2.75, 3.05) is 7.11 Å². The maximum Gasteiger partial charge on any atom is 0.573 e. The van der Waals surface area contributed by atoms with E-state index in [1.54, 1.807) is 13.8 Å². The van der Waals surface area contributed by atoms with Gasteiger partial charge in [-0.25, -0.2) is 0 Å². The standard InChI is InChI=1S/C11H12F3O2/c1-7(2)9-6-8(15-3)4-5-10(9)16-11(12,13)14/h4-6H,1-3H3. The fourth-order valence-electron chi connectivity index (χ4n) is 1.24. The molecule has 0 N–H and O–H groups in total. The fourth-order valence-corrected chi connectivity index (χ4v) is 1.24. The molecule has 16 heavy (non-hydrogen) atoms. The van der Waals surface area contributed by atoms with Crippen molar-refractivity contribution < 1.29 is 22.6 Å². The third-order valence-electron chi connectivity index (χ3n) is 1.95. The maximum atomic E-state index is 12.1. The largest absolute Gasteiger partial charge is 0.573 e. The lowest BCUT2D eigenvalue weighted by molar-refractivity contribution is -0.274. The van der Waals surface area contributed by atoms with Crippen LogP contribution in [0.1, 0.15) is 19.4 Å². The molecule has 89 valence electrons. The molecule has 1 aromatic carbocycles. The van der Waals surface area contributed by atoms with Crippen LogP contribution in [0.15, 0.2) is 18.2 Å². The number of benzene rings is 1. The van der Waals surface area contributed by atoms with Gasteiger partial charge in [0.2, 0.25) is 0 Å². The van der Waals surface area contributed by atoms with E-state index in [4.69, 9.17) is 4.74 Å². The Morgan fingerprint density at radius 1 is 1.19 bits per heavy atom. The van der Waals surface area contributed by atoms with Gasteiger partial charge in [-0.2, -0.15) is 0 Å². The molecule has 0 aliphatic carbocycles. The summed E-state index contributed by atoms with van der Waals surface area (Å²) in [5.41, 5.74) is 0.386. The molecule has 0 unspecified atom stereocenters. The zero-order chi connectivity index (χ0) is 12.3. The summed E-state index contributed by atoms with van der Waals surface area (Å²) in [7, 11) is 1.45. The van der Waals surface area contributed by atoms with E-state index >= 15 is 0 Å². The van der Waals surface area contributed by atoms with Crippen molar-refractivity contribution in [2.24, 2.45) is 0 Å². The number of methoxy groups -OCH3 is 1. The zero-order valence-electron chi connectivity index (χ0n) is 9.18. The molecule has 0 atom stereocenters. The number of hydrogen-bond acceptors (Lipinski definition) is 2. The van der Waals surface area contributed by atoms with E-state index in [1.807, 2.05) is 0 Å². The molecule has 0 bridgehead atoms. The predicted molar refractivity (Wildman–Crippen MR) is 53.4 cm³/mol. The van der Waals surface area contributed by atoms with E-state index in [0.717, 1.165) is 5.92 Å². The minimum Gasteiger partial charge on any atom is -0.497 e. The fraction of sp³-hybridized carbons (Fsp3) is 0.364. The second-order valence-corrected chi connectivity index (χ2v) is 3.41. The van der Waals surface area contributed by atoms with Gasteiger partial charge >= 0.3 is 6.36 Å². The average Bonchev–Trinajstić information content (AvgIpc) is 2.15. The Kier molecular flexibility index (Phi) is 3.67. The molecule has 5 heteroatoms. The molecule has 0 spiro atoms. The van der Waals surface area contributed by atoms with Crippen LogP contribution < -0.4 is 9.47 Å². The van der Waals surface area contributed by atoms with Gasteiger partial charge in [0.05, 0.1) is 7.11 Å². The van der Waals surface area contributed by atoms with Gasteiger partial charge in [-0.15, -0.1) is 13.2 Å². The molecular formula is C11H12F3O2. The number of alkyl halides is 3. The van der Waals surface area contributed by atoms with Crippen molar-refractivity contribution in [3.05, 3.63) is 29.7 Å². The lowest BCUT2D eigenvalue weighted by Gasteiger charge is -2.16.